The Bertz CT molecular complexity index is 1440. The van der Waals surface area contributed by atoms with Crippen molar-refractivity contribution in [1.29, 1.82) is 0 Å². The third-order valence-corrected chi connectivity index (χ3v) is 6.62. The van der Waals surface area contributed by atoms with Crippen molar-refractivity contribution in [2.24, 2.45) is 5.84 Å². The van der Waals surface area contributed by atoms with Crippen molar-refractivity contribution in [3.05, 3.63) is 98.2 Å². The van der Waals surface area contributed by atoms with Crippen molar-refractivity contribution in [2.45, 2.75) is 19.5 Å². The van der Waals surface area contributed by atoms with Gasteiger partial charge in [-0.3, -0.25) is 9.36 Å². The Hall–Kier alpha value is -2.85. The molecule has 11 heteroatoms. The van der Waals surface area contributed by atoms with E-state index in [2.05, 4.69) is 20.9 Å². The van der Waals surface area contributed by atoms with Crippen LogP contribution in [0.25, 0.3) is 17.1 Å². The summed E-state index contributed by atoms with van der Waals surface area (Å²) in [5, 5.41) is 0.807. The third-order valence-electron chi connectivity index (χ3n) is 5.46. The van der Waals surface area contributed by atoms with Gasteiger partial charge in [-0.05, 0) is 61.0 Å². The smallest absolute Gasteiger partial charge is 0.296 e. The molecule has 3 aromatic carbocycles. The van der Waals surface area contributed by atoms with Gasteiger partial charge in [-0.25, -0.2) is 15.8 Å². The number of halogens is 6. The molecule has 1 amide bonds. The molecule has 0 aliphatic heterocycles. The summed E-state index contributed by atoms with van der Waals surface area (Å²) < 4.78 is 41.8. The standard InChI is InChI=1S/C25H18BrCl2F3N4O/c1-2-20-22(24(36)35(32)21-12-7-14(13-19(21)28)25(29,30)31)33-23(17-5-3-4-6-18(17)27)34(20)16-10-8-15(26)9-11-16/h3-13H,2,32H2,1H3. The van der Waals surface area contributed by atoms with Crippen LogP contribution in [0, 0.1) is 0 Å². The molecule has 1 aromatic heterocycles. The number of nitrogens with two attached hydrogens (primary N) is 1. The van der Waals surface area contributed by atoms with E-state index in [0.29, 0.717) is 33.5 Å². The first-order chi connectivity index (χ1) is 17.0. The minimum atomic E-state index is -4.59. The Morgan fingerprint density at radius 3 is 2.31 bits per heavy atom. The molecule has 4 aromatic rings. The second kappa shape index (κ2) is 10.3. The molecule has 36 heavy (non-hydrogen) atoms. The number of amides is 1. The number of hydrogen-bond donors (Lipinski definition) is 1. The third kappa shape index (κ3) is 5.01. The summed E-state index contributed by atoms with van der Waals surface area (Å²) in [5.74, 6) is 5.75. The van der Waals surface area contributed by atoms with E-state index in [9.17, 15) is 18.0 Å². The molecule has 4 rings (SSSR count). The molecule has 0 radical (unpaired) electrons. The minimum absolute atomic E-state index is 0.0220. The number of alkyl halides is 3. The molecular weight excluding hydrogens is 580 g/mol. The Balaban J connectivity index is 1.87. The van der Waals surface area contributed by atoms with E-state index in [4.69, 9.17) is 29.0 Å². The first kappa shape index (κ1) is 26.2. The zero-order valence-electron chi connectivity index (χ0n) is 18.7. The molecule has 0 bridgehead atoms. The van der Waals surface area contributed by atoms with E-state index >= 15 is 0 Å². The van der Waals surface area contributed by atoms with Gasteiger partial charge >= 0.3 is 6.18 Å². The quantitative estimate of drug-likeness (QED) is 0.146. The Morgan fingerprint density at radius 1 is 1.06 bits per heavy atom. The van der Waals surface area contributed by atoms with Gasteiger partial charge in [0.2, 0.25) is 0 Å². The van der Waals surface area contributed by atoms with Crippen molar-refractivity contribution < 1.29 is 18.0 Å². The fraction of sp³-hybridized carbons (Fsp3) is 0.120. The van der Waals surface area contributed by atoms with Crippen molar-refractivity contribution >= 4 is 50.7 Å². The lowest BCUT2D eigenvalue weighted by Crippen LogP contribution is -2.38. The lowest BCUT2D eigenvalue weighted by molar-refractivity contribution is -0.137. The zero-order chi connectivity index (χ0) is 26.2. The maximum atomic E-state index is 13.5. The highest BCUT2D eigenvalue weighted by Gasteiger charge is 2.32. The minimum Gasteiger partial charge on any atom is -0.296 e. The zero-order valence-corrected chi connectivity index (χ0v) is 21.8. The van der Waals surface area contributed by atoms with Gasteiger partial charge in [0.05, 0.1) is 27.0 Å². The van der Waals surface area contributed by atoms with Crippen LogP contribution in [0.2, 0.25) is 10.0 Å². The van der Waals surface area contributed by atoms with Crippen molar-refractivity contribution in [3.63, 3.8) is 0 Å². The lowest BCUT2D eigenvalue weighted by Gasteiger charge is -2.19. The highest BCUT2D eigenvalue weighted by molar-refractivity contribution is 9.10. The second-order valence-corrected chi connectivity index (χ2v) is 9.45. The molecule has 1 heterocycles. The average Bonchev–Trinajstić information content (AvgIpc) is 3.22. The summed E-state index contributed by atoms with van der Waals surface area (Å²) in [7, 11) is 0. The summed E-state index contributed by atoms with van der Waals surface area (Å²) in [5.41, 5.74) is 0.838. The van der Waals surface area contributed by atoms with Crippen LogP contribution in [0.1, 0.15) is 28.7 Å². The number of hydrogen-bond acceptors (Lipinski definition) is 3. The topological polar surface area (TPSA) is 64.2 Å². The van der Waals surface area contributed by atoms with E-state index in [1.54, 1.807) is 24.3 Å². The summed E-state index contributed by atoms with van der Waals surface area (Å²) in [6.45, 7) is 1.85. The van der Waals surface area contributed by atoms with Gasteiger partial charge in [0.25, 0.3) is 5.91 Å². The molecular formula is C25H18BrCl2F3N4O. The van der Waals surface area contributed by atoms with Crippen LogP contribution in [0.3, 0.4) is 0 Å². The molecule has 5 nitrogen and oxygen atoms in total. The van der Waals surface area contributed by atoms with Gasteiger partial charge in [-0.15, -0.1) is 0 Å². The fourth-order valence-corrected chi connectivity index (χ4v) is 4.50. The van der Waals surface area contributed by atoms with E-state index in [0.717, 1.165) is 28.4 Å². The predicted molar refractivity (Wildman–Crippen MR) is 139 cm³/mol. The fourth-order valence-electron chi connectivity index (χ4n) is 3.74. The normalized spacial score (nSPS) is 11.6. The lowest BCUT2D eigenvalue weighted by atomic mass is 10.1. The van der Waals surface area contributed by atoms with E-state index in [1.807, 2.05) is 35.8 Å². The van der Waals surface area contributed by atoms with Crippen LogP contribution in [0.15, 0.2) is 71.2 Å². The monoisotopic (exact) mass is 596 g/mol. The van der Waals surface area contributed by atoms with Crippen LogP contribution < -0.4 is 10.9 Å². The number of anilines is 1. The highest BCUT2D eigenvalue weighted by atomic mass is 79.9. The molecule has 0 fully saturated rings. The Labute approximate surface area is 223 Å². The number of carbonyl (C=O) groups is 1. The van der Waals surface area contributed by atoms with Crippen molar-refractivity contribution in [3.8, 4) is 17.1 Å². The summed E-state index contributed by atoms with van der Waals surface area (Å²) in [6, 6.07) is 17.1. The van der Waals surface area contributed by atoms with Gasteiger partial charge in [0.1, 0.15) is 5.82 Å². The maximum Gasteiger partial charge on any atom is 0.416 e. The number of imidazole rings is 1. The van der Waals surface area contributed by atoms with Crippen LogP contribution in [0.5, 0.6) is 0 Å². The number of aromatic nitrogens is 2. The maximum absolute atomic E-state index is 13.5. The van der Waals surface area contributed by atoms with Crippen molar-refractivity contribution in [1.82, 2.24) is 9.55 Å². The number of benzene rings is 3. The molecule has 0 saturated heterocycles. The SMILES string of the molecule is CCc1c(C(=O)N(N)c2ccc(C(F)(F)F)cc2Cl)nc(-c2ccccc2Cl)n1-c1ccc(Br)cc1. The van der Waals surface area contributed by atoms with Crippen LogP contribution in [-0.2, 0) is 12.6 Å². The molecule has 0 spiro atoms. The number of hydrazine groups is 1. The van der Waals surface area contributed by atoms with Crippen molar-refractivity contribution in [2.75, 3.05) is 5.01 Å². The molecule has 0 saturated carbocycles. The molecule has 0 aliphatic carbocycles. The van der Waals surface area contributed by atoms with Gasteiger partial charge in [0.15, 0.2) is 5.69 Å². The highest BCUT2D eigenvalue weighted by Crippen LogP contribution is 2.36. The van der Waals surface area contributed by atoms with E-state index in [1.165, 1.54) is 0 Å². The summed E-state index contributed by atoms with van der Waals surface area (Å²) >= 11 is 16.0. The second-order valence-electron chi connectivity index (χ2n) is 7.72. The molecule has 0 unspecified atom stereocenters. The van der Waals surface area contributed by atoms with E-state index in [-0.39, 0.29) is 16.4 Å². The van der Waals surface area contributed by atoms with Gasteiger partial charge in [-0.2, -0.15) is 13.2 Å². The first-order valence-electron chi connectivity index (χ1n) is 10.6. The van der Waals surface area contributed by atoms with Gasteiger partial charge in [-0.1, -0.05) is 58.2 Å². The van der Waals surface area contributed by atoms with Gasteiger partial charge in [0, 0.05) is 15.7 Å². The van der Waals surface area contributed by atoms with Crippen LogP contribution in [0.4, 0.5) is 18.9 Å². The van der Waals surface area contributed by atoms with Crippen LogP contribution >= 0.6 is 39.1 Å². The largest absolute Gasteiger partial charge is 0.416 e. The average molecular weight is 598 g/mol. The number of rotatable bonds is 5. The molecule has 0 aliphatic rings. The number of nitrogens with zero attached hydrogens (tertiary/aromatic N) is 3. The number of carbonyl (C=O) groups excluding carboxylic acids is 1. The molecule has 2 N–H and O–H groups in total. The summed E-state index contributed by atoms with van der Waals surface area (Å²) in [4.78, 5) is 18.1. The Morgan fingerprint density at radius 2 is 1.72 bits per heavy atom. The van der Waals surface area contributed by atoms with E-state index < -0.39 is 17.6 Å². The first-order valence-corrected chi connectivity index (χ1v) is 12.2. The summed E-state index contributed by atoms with van der Waals surface area (Å²) in [6.07, 6.45) is -4.20. The van der Waals surface area contributed by atoms with Gasteiger partial charge < -0.3 is 0 Å². The predicted octanol–water partition coefficient (Wildman–Crippen LogP) is 7.71. The molecule has 186 valence electrons. The Kier molecular flexibility index (Phi) is 7.47. The van der Waals surface area contributed by atoms with Crippen LogP contribution in [-0.4, -0.2) is 15.5 Å². The molecule has 0 atom stereocenters.